The number of fused-ring (bicyclic) bond motifs is 1. The minimum Gasteiger partial charge on any atom is -0.493 e. The standard InChI is InChI=1S/C20H25FN4OS/c1-27-19-18(21)11-22-20(23-19)25-10-9-24-12-15(7-8-16(24)13-25)14-26-17-5-3-2-4-6-17/h2-6,11,15-16H,7-10,12-14H2,1H3. The zero-order valence-corrected chi connectivity index (χ0v) is 16.4. The molecule has 0 saturated carbocycles. The zero-order chi connectivity index (χ0) is 18.6. The second-order valence-corrected chi connectivity index (χ2v) is 7.98. The van der Waals surface area contributed by atoms with Gasteiger partial charge < -0.3 is 9.64 Å². The Balaban J connectivity index is 1.32. The van der Waals surface area contributed by atoms with E-state index in [-0.39, 0.29) is 5.82 Å². The number of hydrogen-bond donors (Lipinski definition) is 0. The molecule has 2 unspecified atom stereocenters. The fraction of sp³-hybridized carbons (Fsp3) is 0.500. The summed E-state index contributed by atoms with van der Waals surface area (Å²) in [6.07, 6.45) is 5.45. The van der Waals surface area contributed by atoms with Gasteiger partial charge >= 0.3 is 0 Å². The van der Waals surface area contributed by atoms with Crippen LogP contribution in [0.25, 0.3) is 0 Å². The van der Waals surface area contributed by atoms with Crippen molar-refractivity contribution < 1.29 is 9.13 Å². The highest BCUT2D eigenvalue weighted by Crippen LogP contribution is 2.28. The molecule has 2 saturated heterocycles. The van der Waals surface area contributed by atoms with E-state index in [9.17, 15) is 4.39 Å². The van der Waals surface area contributed by atoms with Crippen LogP contribution in [0.5, 0.6) is 5.75 Å². The van der Waals surface area contributed by atoms with Crippen LogP contribution in [-0.4, -0.2) is 60.0 Å². The van der Waals surface area contributed by atoms with Crippen molar-refractivity contribution in [2.75, 3.05) is 43.9 Å². The van der Waals surface area contributed by atoms with Crippen LogP contribution in [0.1, 0.15) is 12.8 Å². The van der Waals surface area contributed by atoms with Crippen LogP contribution >= 0.6 is 11.8 Å². The Bertz CT molecular complexity index is 763. The van der Waals surface area contributed by atoms with Gasteiger partial charge in [0, 0.05) is 38.1 Å². The molecular weight excluding hydrogens is 363 g/mol. The molecule has 1 aromatic carbocycles. The molecule has 3 heterocycles. The lowest BCUT2D eigenvalue weighted by atomic mass is 9.91. The smallest absolute Gasteiger partial charge is 0.226 e. The van der Waals surface area contributed by atoms with Crippen molar-refractivity contribution in [3.05, 3.63) is 42.3 Å². The van der Waals surface area contributed by atoms with Crippen molar-refractivity contribution in [1.29, 1.82) is 0 Å². The van der Waals surface area contributed by atoms with Gasteiger partial charge in [-0.05, 0) is 31.2 Å². The molecule has 2 atom stereocenters. The van der Waals surface area contributed by atoms with Crippen LogP contribution < -0.4 is 9.64 Å². The highest BCUT2D eigenvalue weighted by atomic mass is 32.2. The fourth-order valence-corrected chi connectivity index (χ4v) is 4.37. The van der Waals surface area contributed by atoms with Gasteiger partial charge in [-0.1, -0.05) is 18.2 Å². The Kier molecular flexibility index (Phi) is 5.78. The summed E-state index contributed by atoms with van der Waals surface area (Å²) in [6.45, 7) is 4.62. The van der Waals surface area contributed by atoms with Crippen LogP contribution in [-0.2, 0) is 0 Å². The maximum Gasteiger partial charge on any atom is 0.226 e. The number of anilines is 1. The van der Waals surface area contributed by atoms with Crippen molar-refractivity contribution >= 4 is 17.7 Å². The van der Waals surface area contributed by atoms with Crippen molar-refractivity contribution in [2.24, 2.45) is 5.92 Å². The van der Waals surface area contributed by atoms with Crippen molar-refractivity contribution in [3.8, 4) is 5.75 Å². The molecule has 0 aliphatic carbocycles. The molecule has 0 amide bonds. The fourth-order valence-electron chi connectivity index (χ4n) is 3.94. The normalized spacial score (nSPS) is 23.1. The molecule has 7 heteroatoms. The molecular formula is C20H25FN4OS. The predicted molar refractivity (Wildman–Crippen MR) is 106 cm³/mol. The number of nitrogens with zero attached hydrogens (tertiary/aromatic N) is 4. The highest BCUT2D eigenvalue weighted by Gasteiger charge is 2.34. The van der Waals surface area contributed by atoms with Gasteiger partial charge in [0.1, 0.15) is 10.8 Å². The van der Waals surface area contributed by atoms with Gasteiger partial charge in [0.2, 0.25) is 5.95 Å². The van der Waals surface area contributed by atoms with E-state index in [0.717, 1.165) is 45.0 Å². The molecule has 144 valence electrons. The summed E-state index contributed by atoms with van der Waals surface area (Å²) < 4.78 is 19.6. The molecule has 0 N–H and O–H groups in total. The summed E-state index contributed by atoms with van der Waals surface area (Å²) in [5.41, 5.74) is 0. The molecule has 2 aromatic rings. The minimum absolute atomic E-state index is 0.344. The van der Waals surface area contributed by atoms with Gasteiger partial charge in [0.15, 0.2) is 5.82 Å². The second-order valence-electron chi connectivity index (χ2n) is 7.19. The summed E-state index contributed by atoms with van der Waals surface area (Å²) in [4.78, 5) is 13.4. The highest BCUT2D eigenvalue weighted by molar-refractivity contribution is 7.98. The molecule has 2 aliphatic heterocycles. The molecule has 1 aromatic heterocycles. The molecule has 27 heavy (non-hydrogen) atoms. The van der Waals surface area contributed by atoms with E-state index in [1.165, 1.54) is 24.4 Å². The zero-order valence-electron chi connectivity index (χ0n) is 15.6. The Hall–Kier alpha value is -1.86. The number of benzene rings is 1. The number of para-hydroxylation sites is 1. The lowest BCUT2D eigenvalue weighted by Gasteiger charge is -2.46. The maximum absolute atomic E-state index is 13.7. The molecule has 0 spiro atoms. The Morgan fingerprint density at radius 1 is 1.19 bits per heavy atom. The molecule has 5 nitrogen and oxygen atoms in total. The van der Waals surface area contributed by atoms with Crippen LogP contribution in [0.2, 0.25) is 0 Å². The number of hydrogen-bond acceptors (Lipinski definition) is 6. The Morgan fingerprint density at radius 2 is 2.04 bits per heavy atom. The summed E-state index contributed by atoms with van der Waals surface area (Å²) >= 11 is 1.32. The SMILES string of the molecule is CSc1nc(N2CCN3CC(COc4ccccc4)CCC3C2)ncc1F. The average molecular weight is 389 g/mol. The van der Waals surface area contributed by atoms with Crippen molar-refractivity contribution in [1.82, 2.24) is 14.9 Å². The molecule has 2 aliphatic rings. The van der Waals surface area contributed by atoms with Gasteiger partial charge in [-0.15, -0.1) is 11.8 Å². The first-order valence-electron chi connectivity index (χ1n) is 9.46. The largest absolute Gasteiger partial charge is 0.493 e. The first kappa shape index (κ1) is 18.5. The van der Waals surface area contributed by atoms with Crippen molar-refractivity contribution in [2.45, 2.75) is 23.9 Å². The summed E-state index contributed by atoms with van der Waals surface area (Å²) in [7, 11) is 0. The number of rotatable bonds is 5. The van der Waals surface area contributed by atoms with Crippen LogP contribution in [0.4, 0.5) is 10.3 Å². The third kappa shape index (κ3) is 4.35. The van der Waals surface area contributed by atoms with Gasteiger partial charge in [-0.25, -0.2) is 14.4 Å². The van der Waals surface area contributed by atoms with Crippen LogP contribution in [0.15, 0.2) is 41.6 Å². The first-order chi connectivity index (χ1) is 13.2. The quantitative estimate of drug-likeness (QED) is 0.578. The van der Waals surface area contributed by atoms with Gasteiger partial charge in [-0.2, -0.15) is 0 Å². The molecule has 2 fully saturated rings. The number of piperazine rings is 1. The summed E-state index contributed by atoms with van der Waals surface area (Å²) in [5, 5.41) is 0.421. The lowest BCUT2D eigenvalue weighted by molar-refractivity contribution is 0.0725. The number of thioether (sulfide) groups is 1. The van der Waals surface area contributed by atoms with Gasteiger partial charge in [0.25, 0.3) is 0 Å². The van der Waals surface area contributed by atoms with E-state index >= 15 is 0 Å². The van der Waals surface area contributed by atoms with Gasteiger partial charge in [0.05, 0.1) is 12.8 Å². The van der Waals surface area contributed by atoms with E-state index in [2.05, 4.69) is 19.8 Å². The Labute approximate surface area is 163 Å². The van der Waals surface area contributed by atoms with Gasteiger partial charge in [-0.3, -0.25) is 4.90 Å². The molecule has 4 rings (SSSR count). The van der Waals surface area contributed by atoms with E-state index in [1.54, 1.807) is 0 Å². The summed E-state index contributed by atoms with van der Waals surface area (Å²) in [5.74, 6) is 1.82. The third-order valence-electron chi connectivity index (χ3n) is 5.41. The lowest BCUT2D eigenvalue weighted by Crippen LogP contribution is -2.57. The van der Waals surface area contributed by atoms with E-state index in [4.69, 9.17) is 4.74 Å². The van der Waals surface area contributed by atoms with E-state index < -0.39 is 0 Å². The van der Waals surface area contributed by atoms with Crippen LogP contribution in [0, 0.1) is 11.7 Å². The van der Waals surface area contributed by atoms with Crippen molar-refractivity contribution in [3.63, 3.8) is 0 Å². The first-order valence-corrected chi connectivity index (χ1v) is 10.7. The number of ether oxygens (including phenoxy) is 1. The number of halogens is 1. The third-order valence-corrected chi connectivity index (χ3v) is 6.08. The molecule has 0 bridgehead atoms. The molecule has 0 radical (unpaired) electrons. The minimum atomic E-state index is -0.344. The monoisotopic (exact) mass is 388 g/mol. The average Bonchev–Trinajstić information content (AvgIpc) is 2.73. The van der Waals surface area contributed by atoms with Crippen LogP contribution in [0.3, 0.4) is 0 Å². The second kappa shape index (κ2) is 8.44. The topological polar surface area (TPSA) is 41.5 Å². The van der Waals surface area contributed by atoms with E-state index in [1.807, 2.05) is 36.6 Å². The summed E-state index contributed by atoms with van der Waals surface area (Å²) in [6, 6.07) is 10.5. The number of piperidine rings is 1. The predicted octanol–water partition coefficient (Wildman–Crippen LogP) is 3.32. The Morgan fingerprint density at radius 3 is 2.85 bits per heavy atom. The maximum atomic E-state index is 13.7. The number of aromatic nitrogens is 2. The van der Waals surface area contributed by atoms with E-state index in [0.29, 0.717) is 22.9 Å².